The summed E-state index contributed by atoms with van der Waals surface area (Å²) >= 11 is 0. The fourth-order valence-corrected chi connectivity index (χ4v) is 4.88. The number of amides is 3. The first-order valence-electron chi connectivity index (χ1n) is 13.9. The number of benzene rings is 2. The molecule has 0 saturated carbocycles. The molecule has 2 aromatic carbocycles. The van der Waals surface area contributed by atoms with E-state index in [-0.39, 0.29) is 19.4 Å². The lowest BCUT2D eigenvalue weighted by atomic mass is 9.84. The van der Waals surface area contributed by atoms with Gasteiger partial charge in [-0.2, -0.15) is 0 Å². The first-order chi connectivity index (χ1) is 20.3. The summed E-state index contributed by atoms with van der Waals surface area (Å²) < 4.78 is 15.2. The molecule has 0 unspecified atom stereocenters. The first-order valence-corrected chi connectivity index (χ1v) is 13.9. The quantitative estimate of drug-likeness (QED) is 0.237. The molecule has 12 heteroatoms. The van der Waals surface area contributed by atoms with Crippen LogP contribution < -0.4 is 21.3 Å². The van der Waals surface area contributed by atoms with Crippen molar-refractivity contribution in [3.63, 3.8) is 0 Å². The third kappa shape index (κ3) is 8.77. The van der Waals surface area contributed by atoms with Crippen molar-refractivity contribution in [3.05, 3.63) is 71.3 Å². The Morgan fingerprint density at radius 3 is 2.21 bits per heavy atom. The zero-order valence-corrected chi connectivity index (χ0v) is 25.3. The van der Waals surface area contributed by atoms with Gasteiger partial charge in [-0.1, -0.05) is 60.2 Å². The second-order valence-corrected chi connectivity index (χ2v) is 11.4. The Kier molecular flexibility index (Phi) is 10.9. The molecule has 0 radical (unpaired) electrons. The van der Waals surface area contributed by atoms with Crippen LogP contribution >= 0.6 is 0 Å². The van der Waals surface area contributed by atoms with Gasteiger partial charge < -0.3 is 30.2 Å². The fourth-order valence-electron chi connectivity index (χ4n) is 4.88. The van der Waals surface area contributed by atoms with Crippen molar-refractivity contribution in [3.8, 4) is 0 Å². The van der Waals surface area contributed by atoms with Gasteiger partial charge in [-0.15, -0.1) is 0 Å². The van der Waals surface area contributed by atoms with Crippen molar-refractivity contribution in [2.45, 2.75) is 69.8 Å². The van der Waals surface area contributed by atoms with Crippen LogP contribution in [0.4, 0.5) is 4.79 Å². The van der Waals surface area contributed by atoms with Gasteiger partial charge in [0, 0.05) is 12.8 Å². The van der Waals surface area contributed by atoms with Crippen molar-refractivity contribution < 1.29 is 38.2 Å². The third-order valence-electron chi connectivity index (χ3n) is 6.93. The Morgan fingerprint density at radius 1 is 0.977 bits per heavy atom. The van der Waals surface area contributed by atoms with Gasteiger partial charge >= 0.3 is 18.0 Å². The van der Waals surface area contributed by atoms with E-state index in [9.17, 15) is 24.0 Å². The van der Waals surface area contributed by atoms with Gasteiger partial charge in [0.2, 0.25) is 11.8 Å². The predicted molar refractivity (Wildman–Crippen MR) is 157 cm³/mol. The minimum atomic E-state index is -1.76. The van der Waals surface area contributed by atoms with E-state index in [0.29, 0.717) is 5.56 Å². The molecular weight excluding hydrogens is 556 g/mol. The van der Waals surface area contributed by atoms with E-state index < -0.39 is 59.1 Å². The Morgan fingerprint density at radius 2 is 1.63 bits per heavy atom. The van der Waals surface area contributed by atoms with E-state index in [1.807, 2.05) is 25.1 Å². The lowest BCUT2D eigenvalue weighted by Crippen LogP contribution is -2.62. The topological polar surface area (TPSA) is 161 Å². The summed E-state index contributed by atoms with van der Waals surface area (Å²) in [6, 6.07) is 13.2. The van der Waals surface area contributed by atoms with Crippen LogP contribution in [0, 0.1) is 6.92 Å². The number of esters is 2. The molecule has 1 aliphatic heterocycles. The van der Waals surface area contributed by atoms with Crippen LogP contribution in [0.5, 0.6) is 0 Å². The number of hydrogen-bond donors (Lipinski definition) is 4. The maximum Gasteiger partial charge on any atom is 0.408 e. The molecule has 4 atom stereocenters. The van der Waals surface area contributed by atoms with Crippen molar-refractivity contribution in [1.29, 1.82) is 0 Å². The van der Waals surface area contributed by atoms with Gasteiger partial charge in [0.05, 0.1) is 26.3 Å². The number of hydrogen-bond acceptors (Lipinski definition) is 9. The summed E-state index contributed by atoms with van der Waals surface area (Å²) in [5.74, 6) is -2.70. The second kappa shape index (κ2) is 14.1. The average Bonchev–Trinajstić information content (AvgIpc) is 3.35. The molecule has 3 rings (SSSR count). The number of aryl methyl sites for hydroxylation is 1. The van der Waals surface area contributed by atoms with Crippen LogP contribution in [0.2, 0.25) is 0 Å². The van der Waals surface area contributed by atoms with E-state index in [1.54, 1.807) is 57.2 Å². The number of carbonyl (C=O) groups excluding carboxylic acids is 5. The summed E-state index contributed by atoms with van der Waals surface area (Å²) in [6.45, 7) is 6.63. The van der Waals surface area contributed by atoms with Gasteiger partial charge in [-0.3, -0.25) is 19.7 Å². The molecule has 1 heterocycles. The standard InChI is InChI=1S/C31H40N4O8/c1-19-12-14-21(15-13-19)25-31(28(39)42-6,17-23(33-25)26(37)32-18-24(36)41-5)35-27(38)22(16-20-10-8-7-9-11-20)34-29(40)43-30(2,3)4/h7-15,22-23,25,33H,16-18H2,1-6H3,(H,32,37)(H,34,40)(H,35,38)/t22-,23+,25+,31-/m0/s1. The summed E-state index contributed by atoms with van der Waals surface area (Å²) in [6.07, 6.45) is -0.925. The predicted octanol–water partition coefficient (Wildman–Crippen LogP) is 1.85. The zero-order valence-electron chi connectivity index (χ0n) is 25.3. The highest BCUT2D eigenvalue weighted by atomic mass is 16.6. The van der Waals surface area contributed by atoms with Gasteiger partial charge in [0.15, 0.2) is 5.54 Å². The van der Waals surface area contributed by atoms with Crippen LogP contribution in [0.3, 0.4) is 0 Å². The largest absolute Gasteiger partial charge is 0.468 e. The number of rotatable bonds is 10. The Labute approximate surface area is 251 Å². The first kappa shape index (κ1) is 33.1. The molecule has 1 fully saturated rings. The number of nitrogens with one attached hydrogen (secondary N) is 4. The third-order valence-corrected chi connectivity index (χ3v) is 6.93. The summed E-state index contributed by atoms with van der Waals surface area (Å²) in [5, 5.41) is 11.1. The number of alkyl carbamates (subject to hydrolysis) is 1. The summed E-state index contributed by atoms with van der Waals surface area (Å²) in [7, 11) is 2.39. The molecule has 1 saturated heterocycles. The van der Waals surface area contributed by atoms with E-state index in [2.05, 4.69) is 26.0 Å². The van der Waals surface area contributed by atoms with Gasteiger partial charge in [-0.05, 0) is 38.8 Å². The normalized spacial score (nSPS) is 20.3. The average molecular weight is 597 g/mol. The molecule has 0 aliphatic carbocycles. The number of carbonyl (C=O) groups is 5. The lowest BCUT2D eigenvalue weighted by Gasteiger charge is -2.35. The highest BCUT2D eigenvalue weighted by Gasteiger charge is 2.57. The van der Waals surface area contributed by atoms with Gasteiger partial charge in [-0.25, -0.2) is 9.59 Å². The monoisotopic (exact) mass is 596 g/mol. The minimum Gasteiger partial charge on any atom is -0.468 e. The molecule has 12 nitrogen and oxygen atoms in total. The lowest BCUT2D eigenvalue weighted by molar-refractivity contribution is -0.152. The molecule has 0 bridgehead atoms. The van der Waals surface area contributed by atoms with Crippen molar-refractivity contribution in [1.82, 2.24) is 21.3 Å². The number of methoxy groups -OCH3 is 2. The van der Waals surface area contributed by atoms with Gasteiger partial charge in [0.25, 0.3) is 0 Å². The van der Waals surface area contributed by atoms with E-state index >= 15 is 0 Å². The summed E-state index contributed by atoms with van der Waals surface area (Å²) in [5.41, 5.74) is -0.253. The maximum absolute atomic E-state index is 14.0. The van der Waals surface area contributed by atoms with Crippen LogP contribution in [0.1, 0.15) is 49.9 Å². The maximum atomic E-state index is 14.0. The van der Waals surface area contributed by atoms with Gasteiger partial charge in [0.1, 0.15) is 18.2 Å². The molecule has 232 valence electrons. The second-order valence-electron chi connectivity index (χ2n) is 11.4. The highest BCUT2D eigenvalue weighted by molar-refractivity contribution is 5.95. The van der Waals surface area contributed by atoms with Crippen LogP contribution in [-0.4, -0.2) is 73.8 Å². The fraction of sp³-hybridized carbons (Fsp3) is 0.452. The number of ether oxygens (including phenoxy) is 3. The molecule has 43 heavy (non-hydrogen) atoms. The van der Waals surface area contributed by atoms with E-state index in [0.717, 1.165) is 11.1 Å². The zero-order chi connectivity index (χ0) is 31.8. The van der Waals surface area contributed by atoms with Crippen LogP contribution in [0.15, 0.2) is 54.6 Å². The SMILES string of the molecule is COC(=O)CNC(=O)[C@H]1C[C@@](NC(=O)[C@H](Cc2ccccc2)NC(=O)OC(C)(C)C)(C(=O)OC)[C@@H](c2ccc(C)cc2)N1. The highest BCUT2D eigenvalue weighted by Crippen LogP contribution is 2.38. The van der Waals surface area contributed by atoms with Crippen LogP contribution in [-0.2, 0) is 39.8 Å². The molecule has 4 N–H and O–H groups in total. The Bertz CT molecular complexity index is 1310. The Balaban J connectivity index is 2.00. The van der Waals surface area contributed by atoms with E-state index in [4.69, 9.17) is 9.47 Å². The molecular formula is C31H40N4O8. The van der Waals surface area contributed by atoms with Crippen LogP contribution in [0.25, 0.3) is 0 Å². The molecule has 1 aliphatic rings. The molecule has 3 amide bonds. The van der Waals surface area contributed by atoms with Crippen molar-refractivity contribution in [2.75, 3.05) is 20.8 Å². The summed E-state index contributed by atoms with van der Waals surface area (Å²) in [4.78, 5) is 65.1. The molecule has 2 aromatic rings. The minimum absolute atomic E-state index is 0.0921. The Hall–Kier alpha value is -4.45. The molecule has 0 aromatic heterocycles. The van der Waals surface area contributed by atoms with Crippen molar-refractivity contribution >= 4 is 29.8 Å². The van der Waals surface area contributed by atoms with Crippen molar-refractivity contribution in [2.24, 2.45) is 0 Å². The smallest absolute Gasteiger partial charge is 0.408 e. The molecule has 0 spiro atoms. The van der Waals surface area contributed by atoms with E-state index in [1.165, 1.54) is 14.2 Å².